The van der Waals surface area contributed by atoms with Crippen LogP contribution in [0.5, 0.6) is 0 Å². The van der Waals surface area contributed by atoms with Crippen molar-refractivity contribution in [2.75, 3.05) is 18.9 Å². The van der Waals surface area contributed by atoms with Crippen molar-refractivity contribution in [1.82, 2.24) is 4.90 Å². The molecule has 1 aliphatic rings. The largest absolute Gasteiger partial charge is 0.326 e. The summed E-state index contributed by atoms with van der Waals surface area (Å²) in [6.07, 6.45) is 3.94. The molecule has 4 nitrogen and oxygen atoms in total. The number of anilines is 1. The van der Waals surface area contributed by atoms with E-state index in [0.29, 0.717) is 6.54 Å². The maximum absolute atomic E-state index is 12.3. The zero-order valence-electron chi connectivity index (χ0n) is 12.4. The molecular weight excluding hydrogens is 250 g/mol. The molecule has 1 atom stereocenters. The molecule has 0 saturated heterocycles. The van der Waals surface area contributed by atoms with Gasteiger partial charge in [-0.05, 0) is 44.4 Å². The van der Waals surface area contributed by atoms with E-state index in [0.717, 1.165) is 23.7 Å². The Bertz CT molecular complexity index is 457. The molecule has 2 rings (SSSR count). The molecule has 1 amide bonds. The third-order valence-electron chi connectivity index (χ3n) is 4.31. The number of nitrogens with two attached hydrogens (primary N) is 1. The maximum Gasteiger partial charge on any atom is 0.241 e. The zero-order chi connectivity index (χ0) is 14.5. The van der Waals surface area contributed by atoms with Gasteiger partial charge in [-0.15, -0.1) is 0 Å². The fraction of sp³-hybridized carbons (Fsp3) is 0.562. The van der Waals surface area contributed by atoms with Gasteiger partial charge in [-0.2, -0.15) is 0 Å². The van der Waals surface area contributed by atoms with E-state index in [1.165, 1.54) is 19.3 Å². The number of hydrogen-bond acceptors (Lipinski definition) is 3. The Kier molecular flexibility index (Phi) is 5.15. The van der Waals surface area contributed by atoms with Crippen molar-refractivity contribution in [3.8, 4) is 0 Å². The van der Waals surface area contributed by atoms with Gasteiger partial charge in [0.25, 0.3) is 0 Å². The predicted octanol–water partition coefficient (Wildman–Crippen LogP) is 2.20. The summed E-state index contributed by atoms with van der Waals surface area (Å²) >= 11 is 0. The minimum absolute atomic E-state index is 0.0349. The fourth-order valence-electron chi connectivity index (χ4n) is 2.50. The number of amides is 1. The van der Waals surface area contributed by atoms with Crippen LogP contribution in [0.1, 0.15) is 31.7 Å². The first-order valence-corrected chi connectivity index (χ1v) is 7.41. The van der Waals surface area contributed by atoms with Crippen molar-refractivity contribution in [3.63, 3.8) is 0 Å². The van der Waals surface area contributed by atoms with Crippen molar-refractivity contribution >= 4 is 11.6 Å². The van der Waals surface area contributed by atoms with Gasteiger partial charge in [0, 0.05) is 18.8 Å². The molecule has 1 aromatic carbocycles. The molecule has 0 aromatic heterocycles. The van der Waals surface area contributed by atoms with Crippen LogP contribution in [-0.2, 0) is 11.3 Å². The van der Waals surface area contributed by atoms with E-state index in [1.54, 1.807) is 0 Å². The average Bonchev–Trinajstić information content (AvgIpc) is 2.42. The van der Waals surface area contributed by atoms with Gasteiger partial charge in [0.2, 0.25) is 5.91 Å². The number of para-hydroxylation sites is 1. The first-order valence-electron chi connectivity index (χ1n) is 7.41. The van der Waals surface area contributed by atoms with E-state index in [9.17, 15) is 4.79 Å². The number of nitrogens with one attached hydrogen (secondary N) is 1. The topological polar surface area (TPSA) is 58.4 Å². The lowest BCUT2D eigenvalue weighted by atomic mass is 9.85. The molecule has 1 aromatic rings. The predicted molar refractivity (Wildman–Crippen MR) is 82.4 cm³/mol. The van der Waals surface area contributed by atoms with Gasteiger partial charge in [0.1, 0.15) is 0 Å². The molecule has 20 heavy (non-hydrogen) atoms. The Morgan fingerprint density at radius 2 is 2.15 bits per heavy atom. The van der Waals surface area contributed by atoms with Gasteiger partial charge in [-0.3, -0.25) is 9.69 Å². The van der Waals surface area contributed by atoms with E-state index in [-0.39, 0.29) is 11.9 Å². The van der Waals surface area contributed by atoms with Crippen LogP contribution in [0.3, 0.4) is 0 Å². The number of benzene rings is 1. The summed E-state index contributed by atoms with van der Waals surface area (Å²) in [5.41, 5.74) is 7.48. The number of nitrogens with zero attached hydrogens (tertiary/aromatic N) is 1. The fourth-order valence-corrected chi connectivity index (χ4v) is 2.50. The molecule has 1 saturated carbocycles. The summed E-state index contributed by atoms with van der Waals surface area (Å²) in [6.45, 7) is 3.40. The molecule has 4 heteroatoms. The van der Waals surface area contributed by atoms with Crippen molar-refractivity contribution in [2.45, 2.75) is 38.8 Å². The molecule has 0 aliphatic heterocycles. The van der Waals surface area contributed by atoms with Gasteiger partial charge < -0.3 is 11.1 Å². The summed E-state index contributed by atoms with van der Waals surface area (Å²) in [6, 6.07) is 7.57. The molecule has 3 N–H and O–H groups in total. The second-order valence-electron chi connectivity index (χ2n) is 5.76. The van der Waals surface area contributed by atoms with Crippen LogP contribution < -0.4 is 11.1 Å². The van der Waals surface area contributed by atoms with E-state index < -0.39 is 0 Å². The van der Waals surface area contributed by atoms with Crippen molar-refractivity contribution in [1.29, 1.82) is 0 Å². The lowest BCUT2D eigenvalue weighted by Gasteiger charge is -2.32. The molecule has 0 heterocycles. The van der Waals surface area contributed by atoms with E-state index in [1.807, 2.05) is 38.2 Å². The maximum atomic E-state index is 12.3. The first-order chi connectivity index (χ1) is 9.61. The minimum atomic E-state index is -0.124. The average molecular weight is 275 g/mol. The Hall–Kier alpha value is -1.39. The number of hydrogen-bond donors (Lipinski definition) is 2. The van der Waals surface area contributed by atoms with Gasteiger partial charge in [0.05, 0.1) is 6.04 Å². The molecule has 1 unspecified atom stereocenters. The summed E-state index contributed by atoms with van der Waals surface area (Å²) in [5.74, 6) is 0.805. The van der Waals surface area contributed by atoms with Crippen LogP contribution in [0.2, 0.25) is 0 Å². The van der Waals surface area contributed by atoms with Crippen LogP contribution in [0.25, 0.3) is 0 Å². The lowest BCUT2D eigenvalue weighted by Crippen LogP contribution is -2.43. The highest BCUT2D eigenvalue weighted by molar-refractivity contribution is 5.95. The molecule has 0 spiro atoms. The number of carbonyl (C=O) groups excluding carboxylic acids is 1. The van der Waals surface area contributed by atoms with Crippen LogP contribution in [0.4, 0.5) is 5.69 Å². The Morgan fingerprint density at radius 3 is 2.75 bits per heavy atom. The standard InChI is InChI=1S/C16H25N3O/c1-12(19(2)11-13-6-5-7-13)16(20)18-15-9-4-3-8-14(15)10-17/h3-4,8-9,12-13H,5-7,10-11,17H2,1-2H3,(H,18,20). The quantitative estimate of drug-likeness (QED) is 0.837. The SMILES string of the molecule is CC(C(=O)Nc1ccccc1CN)N(C)CC1CCC1. The monoisotopic (exact) mass is 275 g/mol. The van der Waals surface area contributed by atoms with Gasteiger partial charge in [0.15, 0.2) is 0 Å². The third-order valence-corrected chi connectivity index (χ3v) is 4.31. The van der Waals surface area contributed by atoms with Crippen LogP contribution in [0, 0.1) is 5.92 Å². The van der Waals surface area contributed by atoms with Crippen molar-refractivity contribution < 1.29 is 4.79 Å². The number of likely N-dealkylation sites (N-methyl/N-ethyl adjacent to an activating group) is 1. The first kappa shape index (κ1) is 15.0. The van der Waals surface area contributed by atoms with Gasteiger partial charge >= 0.3 is 0 Å². The summed E-state index contributed by atoms with van der Waals surface area (Å²) in [4.78, 5) is 14.5. The highest BCUT2D eigenvalue weighted by Gasteiger charge is 2.24. The van der Waals surface area contributed by atoms with Gasteiger partial charge in [-0.1, -0.05) is 24.6 Å². The third kappa shape index (κ3) is 3.58. The van der Waals surface area contributed by atoms with E-state index >= 15 is 0 Å². The highest BCUT2D eigenvalue weighted by Crippen LogP contribution is 2.27. The molecule has 1 aliphatic carbocycles. The zero-order valence-corrected chi connectivity index (χ0v) is 12.4. The number of carbonyl (C=O) groups is 1. The second-order valence-corrected chi connectivity index (χ2v) is 5.76. The minimum Gasteiger partial charge on any atom is -0.326 e. The molecule has 0 radical (unpaired) electrons. The molecule has 0 bridgehead atoms. The molecule has 1 fully saturated rings. The van der Waals surface area contributed by atoms with E-state index in [4.69, 9.17) is 5.73 Å². The van der Waals surface area contributed by atoms with Crippen LogP contribution in [-0.4, -0.2) is 30.4 Å². The number of rotatable bonds is 6. The Labute approximate surface area is 121 Å². The Morgan fingerprint density at radius 1 is 1.45 bits per heavy atom. The molecular formula is C16H25N3O. The Balaban J connectivity index is 1.92. The summed E-state index contributed by atoms with van der Waals surface area (Å²) < 4.78 is 0. The lowest BCUT2D eigenvalue weighted by molar-refractivity contribution is -0.120. The normalized spacial score (nSPS) is 16.8. The highest BCUT2D eigenvalue weighted by atomic mass is 16.2. The summed E-state index contributed by atoms with van der Waals surface area (Å²) in [5, 5.41) is 2.99. The molecule has 110 valence electrons. The summed E-state index contributed by atoms with van der Waals surface area (Å²) in [7, 11) is 2.03. The van der Waals surface area contributed by atoms with Crippen molar-refractivity contribution in [2.24, 2.45) is 11.7 Å². The van der Waals surface area contributed by atoms with E-state index in [2.05, 4.69) is 10.2 Å². The van der Waals surface area contributed by atoms with Gasteiger partial charge in [-0.25, -0.2) is 0 Å². The smallest absolute Gasteiger partial charge is 0.241 e. The van der Waals surface area contributed by atoms with Crippen molar-refractivity contribution in [3.05, 3.63) is 29.8 Å². The van der Waals surface area contributed by atoms with Crippen LogP contribution in [0.15, 0.2) is 24.3 Å². The van der Waals surface area contributed by atoms with Crippen LogP contribution >= 0.6 is 0 Å². The second kappa shape index (κ2) is 6.86.